The van der Waals surface area contributed by atoms with Crippen LogP contribution in [0.2, 0.25) is 0 Å². The van der Waals surface area contributed by atoms with Crippen molar-refractivity contribution in [2.24, 2.45) is 0 Å². The number of ketones is 1. The van der Waals surface area contributed by atoms with Crippen molar-refractivity contribution in [1.29, 1.82) is 0 Å². The summed E-state index contributed by atoms with van der Waals surface area (Å²) < 4.78 is 6.66. The van der Waals surface area contributed by atoms with E-state index in [0.29, 0.717) is 6.42 Å². The van der Waals surface area contributed by atoms with Gasteiger partial charge in [-0.1, -0.05) is 12.1 Å². The molecule has 94 valence electrons. The first-order valence-electron chi connectivity index (χ1n) is 6.32. The summed E-state index contributed by atoms with van der Waals surface area (Å²) in [7, 11) is 0. The van der Waals surface area contributed by atoms with E-state index in [1.54, 1.807) is 11.3 Å². The van der Waals surface area contributed by atoms with E-state index < -0.39 is 0 Å². The van der Waals surface area contributed by atoms with Crippen LogP contribution in [-0.2, 0) is 16.0 Å². The first-order valence-corrected chi connectivity index (χ1v) is 7.13. The second-order valence-electron chi connectivity index (χ2n) is 4.57. The summed E-state index contributed by atoms with van der Waals surface area (Å²) in [5, 5.41) is 0.898. The lowest BCUT2D eigenvalue weighted by Gasteiger charge is -2.20. The summed E-state index contributed by atoms with van der Waals surface area (Å²) in [6.45, 7) is 0.719. The summed E-state index contributed by atoms with van der Waals surface area (Å²) in [4.78, 5) is 16.6. The molecular formula is C14H15NO2S. The minimum atomic E-state index is -0.203. The number of hydrogen-bond acceptors (Lipinski definition) is 4. The summed E-state index contributed by atoms with van der Waals surface area (Å²) in [5.74, 6) is 0.175. The van der Waals surface area contributed by atoms with E-state index in [1.165, 1.54) is 0 Å². The number of rotatable bonds is 3. The first-order chi connectivity index (χ1) is 8.83. The third-order valence-corrected chi connectivity index (χ3v) is 4.24. The monoisotopic (exact) mass is 261 g/mol. The molecule has 0 aliphatic carbocycles. The minimum absolute atomic E-state index is 0.175. The molecule has 1 saturated heterocycles. The normalized spacial score (nSPS) is 20.1. The number of hydrogen-bond donors (Lipinski definition) is 0. The van der Waals surface area contributed by atoms with Crippen LogP contribution in [0, 0.1) is 0 Å². The molecule has 3 rings (SSSR count). The van der Waals surface area contributed by atoms with Gasteiger partial charge in [-0.25, -0.2) is 4.98 Å². The average molecular weight is 261 g/mol. The Morgan fingerprint density at radius 2 is 2.28 bits per heavy atom. The molecule has 0 radical (unpaired) electrons. The second-order valence-corrected chi connectivity index (χ2v) is 5.69. The lowest BCUT2D eigenvalue weighted by atomic mass is 10.0. The molecule has 4 heteroatoms. The minimum Gasteiger partial charge on any atom is -0.370 e. The van der Waals surface area contributed by atoms with E-state index in [-0.39, 0.29) is 11.9 Å². The van der Waals surface area contributed by atoms with Gasteiger partial charge in [-0.2, -0.15) is 0 Å². The lowest BCUT2D eigenvalue weighted by molar-refractivity contribution is -0.132. The average Bonchev–Trinajstić information content (AvgIpc) is 2.82. The number of para-hydroxylation sites is 1. The standard InChI is InChI=1S/C14H15NO2S/c16-11(12-6-3-4-8-17-12)9-14-15-10-5-1-2-7-13(10)18-14/h1-2,5,7,12H,3-4,6,8-9H2. The number of thiazole rings is 1. The molecule has 1 aromatic carbocycles. The number of benzene rings is 1. The fraction of sp³-hybridized carbons (Fsp3) is 0.429. The molecule has 1 aliphatic heterocycles. The van der Waals surface area contributed by atoms with Crippen LogP contribution in [0.3, 0.4) is 0 Å². The maximum absolute atomic E-state index is 12.1. The highest BCUT2D eigenvalue weighted by atomic mass is 32.1. The summed E-state index contributed by atoms with van der Waals surface area (Å²) in [5.41, 5.74) is 0.981. The number of aromatic nitrogens is 1. The fourth-order valence-corrected chi connectivity index (χ4v) is 3.23. The van der Waals surface area contributed by atoms with Crippen molar-refractivity contribution in [3.63, 3.8) is 0 Å². The Bertz CT molecular complexity index is 525. The molecule has 3 nitrogen and oxygen atoms in total. The van der Waals surface area contributed by atoms with E-state index in [4.69, 9.17) is 4.74 Å². The Morgan fingerprint density at radius 1 is 1.39 bits per heavy atom. The first kappa shape index (κ1) is 11.8. The highest BCUT2D eigenvalue weighted by Gasteiger charge is 2.22. The van der Waals surface area contributed by atoms with Crippen molar-refractivity contribution in [3.8, 4) is 0 Å². The van der Waals surface area contributed by atoms with Gasteiger partial charge < -0.3 is 4.74 Å². The highest BCUT2D eigenvalue weighted by Crippen LogP contribution is 2.23. The zero-order chi connectivity index (χ0) is 12.4. The van der Waals surface area contributed by atoms with E-state index in [1.807, 2.05) is 24.3 Å². The fourth-order valence-electron chi connectivity index (χ4n) is 2.25. The van der Waals surface area contributed by atoms with E-state index in [0.717, 1.165) is 41.1 Å². The predicted octanol–water partition coefficient (Wildman–Crippen LogP) is 2.98. The highest BCUT2D eigenvalue weighted by molar-refractivity contribution is 7.18. The van der Waals surface area contributed by atoms with Crippen molar-refractivity contribution < 1.29 is 9.53 Å². The number of ether oxygens (including phenoxy) is 1. The molecule has 0 saturated carbocycles. The maximum atomic E-state index is 12.1. The Hall–Kier alpha value is -1.26. The third kappa shape index (κ3) is 2.44. The molecular weight excluding hydrogens is 246 g/mol. The molecule has 2 aromatic rings. The van der Waals surface area contributed by atoms with E-state index in [2.05, 4.69) is 4.98 Å². The van der Waals surface area contributed by atoms with Gasteiger partial charge in [-0.15, -0.1) is 11.3 Å². The van der Waals surface area contributed by atoms with Crippen LogP contribution < -0.4 is 0 Å². The summed E-state index contributed by atoms with van der Waals surface area (Å²) in [6.07, 6.45) is 3.24. The summed E-state index contributed by atoms with van der Waals surface area (Å²) >= 11 is 1.60. The second kappa shape index (κ2) is 5.16. The molecule has 0 bridgehead atoms. The molecule has 1 aromatic heterocycles. The van der Waals surface area contributed by atoms with Gasteiger partial charge in [-0.05, 0) is 31.4 Å². The van der Waals surface area contributed by atoms with Gasteiger partial charge in [0, 0.05) is 6.61 Å². The van der Waals surface area contributed by atoms with Crippen molar-refractivity contribution in [2.75, 3.05) is 6.61 Å². The topological polar surface area (TPSA) is 39.2 Å². The van der Waals surface area contributed by atoms with Gasteiger partial charge in [0.05, 0.1) is 16.6 Å². The predicted molar refractivity (Wildman–Crippen MR) is 71.9 cm³/mol. The molecule has 1 fully saturated rings. The van der Waals surface area contributed by atoms with Crippen LogP contribution in [0.5, 0.6) is 0 Å². The zero-order valence-corrected chi connectivity index (χ0v) is 10.9. The Morgan fingerprint density at radius 3 is 3.06 bits per heavy atom. The number of carbonyl (C=O) groups excluding carboxylic acids is 1. The number of Topliss-reactive ketones (excluding diaryl/α,β-unsaturated/α-hetero) is 1. The van der Waals surface area contributed by atoms with Crippen LogP contribution in [-0.4, -0.2) is 23.5 Å². The van der Waals surface area contributed by atoms with Gasteiger partial charge in [0.25, 0.3) is 0 Å². The van der Waals surface area contributed by atoms with E-state index >= 15 is 0 Å². The Balaban J connectivity index is 1.73. The Labute approximate surface area is 110 Å². The third-order valence-electron chi connectivity index (χ3n) is 3.20. The van der Waals surface area contributed by atoms with Crippen molar-refractivity contribution >= 4 is 27.3 Å². The molecule has 0 spiro atoms. The smallest absolute Gasteiger partial charge is 0.168 e. The SMILES string of the molecule is O=C(Cc1nc2ccccc2s1)C1CCCCO1. The van der Waals surface area contributed by atoms with Crippen molar-refractivity contribution in [2.45, 2.75) is 31.8 Å². The molecule has 1 unspecified atom stereocenters. The van der Waals surface area contributed by atoms with Crippen molar-refractivity contribution in [3.05, 3.63) is 29.3 Å². The van der Waals surface area contributed by atoms with E-state index in [9.17, 15) is 4.79 Å². The van der Waals surface area contributed by atoms with Crippen molar-refractivity contribution in [1.82, 2.24) is 4.98 Å². The van der Waals surface area contributed by atoms with Crippen LogP contribution in [0.1, 0.15) is 24.3 Å². The molecule has 18 heavy (non-hydrogen) atoms. The van der Waals surface area contributed by atoms with Gasteiger partial charge in [-0.3, -0.25) is 4.79 Å². The van der Waals surface area contributed by atoms with Gasteiger partial charge in [0.2, 0.25) is 0 Å². The largest absolute Gasteiger partial charge is 0.370 e. The van der Waals surface area contributed by atoms with Crippen LogP contribution >= 0.6 is 11.3 Å². The number of fused-ring (bicyclic) bond motifs is 1. The molecule has 1 aliphatic rings. The molecule has 0 amide bonds. The van der Waals surface area contributed by atoms with Gasteiger partial charge in [0.15, 0.2) is 5.78 Å². The number of carbonyl (C=O) groups is 1. The van der Waals surface area contributed by atoms with Gasteiger partial charge >= 0.3 is 0 Å². The quantitative estimate of drug-likeness (QED) is 0.852. The number of nitrogens with zero attached hydrogens (tertiary/aromatic N) is 1. The molecule has 2 heterocycles. The summed E-state index contributed by atoms with van der Waals surface area (Å²) in [6, 6.07) is 7.99. The zero-order valence-electron chi connectivity index (χ0n) is 10.1. The van der Waals surface area contributed by atoms with Crippen LogP contribution in [0.25, 0.3) is 10.2 Å². The lowest BCUT2D eigenvalue weighted by Crippen LogP contribution is -2.29. The van der Waals surface area contributed by atoms with Crippen LogP contribution in [0.15, 0.2) is 24.3 Å². The maximum Gasteiger partial charge on any atom is 0.168 e. The van der Waals surface area contributed by atoms with Gasteiger partial charge in [0.1, 0.15) is 11.1 Å². The molecule has 1 atom stereocenters. The molecule has 0 N–H and O–H groups in total. The van der Waals surface area contributed by atoms with Crippen LogP contribution in [0.4, 0.5) is 0 Å². The Kier molecular flexibility index (Phi) is 3.39.